The highest BCUT2D eigenvalue weighted by Crippen LogP contribution is 2.43. The van der Waals surface area contributed by atoms with Crippen molar-refractivity contribution >= 4 is 34.7 Å². The van der Waals surface area contributed by atoms with Crippen molar-refractivity contribution in [1.29, 1.82) is 0 Å². The molecule has 1 atom stereocenters. The average Bonchev–Trinajstić information content (AvgIpc) is 3.13. The first-order valence-electron chi connectivity index (χ1n) is 11.7. The van der Waals surface area contributed by atoms with Gasteiger partial charge in [0.05, 0.1) is 36.4 Å². The molecule has 0 saturated carbocycles. The van der Waals surface area contributed by atoms with Gasteiger partial charge >= 0.3 is 0 Å². The van der Waals surface area contributed by atoms with E-state index in [1.165, 1.54) is 12.0 Å². The van der Waals surface area contributed by atoms with Crippen LogP contribution in [-0.2, 0) is 16.1 Å². The number of halogens is 1. The Balaban J connectivity index is 1.89. The highest BCUT2D eigenvalue weighted by molar-refractivity contribution is 6.46. The van der Waals surface area contributed by atoms with Crippen LogP contribution in [0.3, 0.4) is 0 Å². The zero-order chi connectivity index (χ0) is 26.9. The van der Waals surface area contributed by atoms with Crippen LogP contribution in [0, 0.1) is 6.92 Å². The summed E-state index contributed by atoms with van der Waals surface area (Å²) in [7, 11) is 6.88. The number of aliphatic hydroxyl groups is 1. The third kappa shape index (κ3) is 5.00. The van der Waals surface area contributed by atoms with Crippen molar-refractivity contribution in [2.24, 2.45) is 0 Å². The first kappa shape index (κ1) is 26.1. The second-order valence-corrected chi connectivity index (χ2v) is 9.50. The molecule has 7 nitrogen and oxygen atoms in total. The van der Waals surface area contributed by atoms with Crippen molar-refractivity contribution in [2.75, 3.05) is 33.2 Å². The van der Waals surface area contributed by atoms with Crippen LogP contribution < -0.4 is 14.4 Å². The lowest BCUT2D eigenvalue weighted by molar-refractivity contribution is -0.140. The van der Waals surface area contributed by atoms with Crippen LogP contribution in [0.25, 0.3) is 5.76 Å². The maximum absolute atomic E-state index is 13.4. The highest BCUT2D eigenvalue weighted by Gasteiger charge is 2.46. The van der Waals surface area contributed by atoms with E-state index in [0.717, 1.165) is 16.8 Å². The number of carbonyl (C=O) groups is 2. The number of ether oxygens (including phenoxy) is 2. The summed E-state index contributed by atoms with van der Waals surface area (Å²) in [6, 6.07) is 17.4. The minimum atomic E-state index is -0.817. The molecule has 1 amide bonds. The van der Waals surface area contributed by atoms with Gasteiger partial charge in [-0.1, -0.05) is 35.9 Å². The third-order valence-electron chi connectivity index (χ3n) is 6.42. The molecule has 1 unspecified atom stereocenters. The van der Waals surface area contributed by atoms with Gasteiger partial charge < -0.3 is 24.4 Å². The number of aryl methyl sites for hydroxylation is 1. The molecule has 1 aliphatic heterocycles. The summed E-state index contributed by atoms with van der Waals surface area (Å²) >= 11 is 6.38. The molecule has 4 rings (SSSR count). The standard InChI is InChI=1S/C29H29ClN2O5/c1-17-14-22(28(37-5)23(30)15-17)26(33)24-25(19-8-10-20(11-9-19)31(2)3)32(29(35)27(24)34)16-18-6-12-21(36-4)13-7-18/h6-15,25,33H,16H2,1-5H3/b26-24+. The molecular weight excluding hydrogens is 492 g/mol. The smallest absolute Gasteiger partial charge is 0.295 e. The number of methoxy groups -OCH3 is 2. The Labute approximate surface area is 221 Å². The minimum Gasteiger partial charge on any atom is -0.507 e. The molecule has 3 aromatic rings. The third-order valence-corrected chi connectivity index (χ3v) is 6.71. The molecule has 1 heterocycles. The van der Waals surface area contributed by atoms with Gasteiger partial charge in [0.1, 0.15) is 17.3 Å². The predicted molar refractivity (Wildman–Crippen MR) is 144 cm³/mol. The maximum atomic E-state index is 13.4. The van der Waals surface area contributed by atoms with E-state index in [4.69, 9.17) is 21.1 Å². The van der Waals surface area contributed by atoms with Crippen molar-refractivity contribution < 1.29 is 24.2 Å². The van der Waals surface area contributed by atoms with Crippen LogP contribution >= 0.6 is 11.6 Å². The number of rotatable bonds is 7. The molecule has 37 heavy (non-hydrogen) atoms. The Kier molecular flexibility index (Phi) is 7.45. The molecule has 3 aromatic carbocycles. The number of amides is 1. The molecule has 1 aliphatic rings. The molecule has 0 radical (unpaired) electrons. The molecular formula is C29H29ClN2O5. The monoisotopic (exact) mass is 520 g/mol. The van der Waals surface area contributed by atoms with Crippen molar-refractivity contribution in [1.82, 2.24) is 4.90 Å². The van der Waals surface area contributed by atoms with Gasteiger partial charge in [-0.2, -0.15) is 0 Å². The molecule has 1 fully saturated rings. The Morgan fingerprint density at radius 2 is 1.65 bits per heavy atom. The predicted octanol–water partition coefficient (Wildman–Crippen LogP) is 5.35. The Morgan fingerprint density at radius 3 is 2.22 bits per heavy atom. The van der Waals surface area contributed by atoms with Gasteiger partial charge in [-0.25, -0.2) is 0 Å². The lowest BCUT2D eigenvalue weighted by Gasteiger charge is -2.26. The fourth-order valence-corrected chi connectivity index (χ4v) is 4.88. The Bertz CT molecular complexity index is 1360. The first-order valence-corrected chi connectivity index (χ1v) is 12.1. The summed E-state index contributed by atoms with van der Waals surface area (Å²) in [5.74, 6) is -0.887. The summed E-state index contributed by atoms with van der Waals surface area (Å²) in [6.07, 6.45) is 0. The van der Waals surface area contributed by atoms with Crippen molar-refractivity contribution in [3.8, 4) is 11.5 Å². The zero-order valence-corrected chi connectivity index (χ0v) is 22.2. The number of benzene rings is 3. The SMILES string of the molecule is COc1ccc(CN2C(=O)C(=O)/C(=C(/O)c3cc(C)cc(Cl)c3OC)C2c2ccc(N(C)C)cc2)cc1. The van der Waals surface area contributed by atoms with Crippen LogP contribution in [0.5, 0.6) is 11.5 Å². The summed E-state index contributed by atoms with van der Waals surface area (Å²) < 4.78 is 10.7. The number of ketones is 1. The van der Waals surface area contributed by atoms with Crippen LogP contribution in [0.15, 0.2) is 66.2 Å². The van der Waals surface area contributed by atoms with Crippen molar-refractivity contribution in [3.63, 3.8) is 0 Å². The van der Waals surface area contributed by atoms with E-state index in [9.17, 15) is 14.7 Å². The molecule has 1 saturated heterocycles. The number of likely N-dealkylation sites (tertiary alicyclic amines) is 1. The van der Waals surface area contributed by atoms with E-state index in [0.29, 0.717) is 16.3 Å². The molecule has 0 bridgehead atoms. The molecule has 0 aromatic heterocycles. The molecule has 0 spiro atoms. The molecule has 1 N–H and O–H groups in total. The number of aliphatic hydroxyl groups excluding tert-OH is 1. The van der Waals surface area contributed by atoms with Gasteiger partial charge in [0.2, 0.25) is 0 Å². The Hall–Kier alpha value is -3.97. The fraction of sp³-hybridized carbons (Fsp3) is 0.241. The van der Waals surface area contributed by atoms with Gasteiger partial charge in [-0.3, -0.25) is 9.59 Å². The van der Waals surface area contributed by atoms with E-state index in [1.807, 2.05) is 62.3 Å². The van der Waals surface area contributed by atoms with E-state index in [2.05, 4.69) is 0 Å². The van der Waals surface area contributed by atoms with E-state index < -0.39 is 17.7 Å². The molecule has 192 valence electrons. The van der Waals surface area contributed by atoms with Gasteiger partial charge in [-0.05, 0) is 60.0 Å². The normalized spacial score (nSPS) is 16.7. The number of hydrogen-bond donors (Lipinski definition) is 1. The largest absolute Gasteiger partial charge is 0.507 e. The van der Waals surface area contributed by atoms with Crippen LogP contribution in [0.1, 0.15) is 28.3 Å². The number of nitrogens with zero attached hydrogens (tertiary/aromatic N) is 2. The highest BCUT2D eigenvalue weighted by atomic mass is 35.5. The Morgan fingerprint density at radius 1 is 1.00 bits per heavy atom. The number of anilines is 1. The van der Waals surface area contributed by atoms with E-state index >= 15 is 0 Å². The van der Waals surface area contributed by atoms with Crippen molar-refractivity contribution in [3.05, 3.63) is 93.5 Å². The minimum absolute atomic E-state index is 0.0175. The van der Waals surface area contributed by atoms with Crippen LogP contribution in [0.4, 0.5) is 5.69 Å². The van der Waals surface area contributed by atoms with Crippen LogP contribution in [0.2, 0.25) is 5.02 Å². The molecule has 0 aliphatic carbocycles. The lowest BCUT2D eigenvalue weighted by atomic mass is 9.94. The fourth-order valence-electron chi connectivity index (χ4n) is 4.53. The topological polar surface area (TPSA) is 79.3 Å². The number of carbonyl (C=O) groups excluding carboxylic acids is 2. The average molecular weight is 521 g/mol. The molecule has 8 heteroatoms. The quantitative estimate of drug-likeness (QED) is 0.257. The van der Waals surface area contributed by atoms with Crippen LogP contribution in [-0.4, -0.2) is 50.0 Å². The van der Waals surface area contributed by atoms with Gasteiger partial charge in [-0.15, -0.1) is 0 Å². The maximum Gasteiger partial charge on any atom is 0.295 e. The summed E-state index contributed by atoms with van der Waals surface area (Å²) in [4.78, 5) is 30.2. The summed E-state index contributed by atoms with van der Waals surface area (Å²) in [5, 5.41) is 11.8. The van der Waals surface area contributed by atoms with Gasteiger partial charge in [0.25, 0.3) is 11.7 Å². The van der Waals surface area contributed by atoms with Gasteiger partial charge in [0.15, 0.2) is 0 Å². The first-order chi connectivity index (χ1) is 17.7. The number of Topliss-reactive ketones (excluding diaryl/α,β-unsaturated/α-hetero) is 1. The lowest BCUT2D eigenvalue weighted by Crippen LogP contribution is -2.29. The van der Waals surface area contributed by atoms with Gasteiger partial charge in [0, 0.05) is 26.3 Å². The second-order valence-electron chi connectivity index (χ2n) is 9.09. The zero-order valence-electron chi connectivity index (χ0n) is 21.4. The number of hydrogen-bond acceptors (Lipinski definition) is 6. The van der Waals surface area contributed by atoms with E-state index in [-0.39, 0.29) is 29.2 Å². The summed E-state index contributed by atoms with van der Waals surface area (Å²) in [6.45, 7) is 1.99. The van der Waals surface area contributed by atoms with E-state index in [1.54, 1.807) is 31.4 Å². The van der Waals surface area contributed by atoms with Crippen molar-refractivity contribution in [2.45, 2.75) is 19.5 Å². The summed E-state index contributed by atoms with van der Waals surface area (Å²) in [5.41, 5.74) is 3.47. The second kappa shape index (κ2) is 10.6.